The van der Waals surface area contributed by atoms with Crippen molar-refractivity contribution in [2.75, 3.05) is 5.32 Å². The number of carbonyl (C=O) groups excluding carboxylic acids is 1. The second-order valence-corrected chi connectivity index (χ2v) is 9.87. The molecule has 11 heteroatoms. The number of halogens is 3. The van der Waals surface area contributed by atoms with Crippen LogP contribution in [-0.4, -0.2) is 20.0 Å². The second-order valence-electron chi connectivity index (χ2n) is 8.21. The molecular weight excluding hydrogens is 483 g/mol. The number of carbonyl (C=O) groups is 1. The van der Waals surface area contributed by atoms with Crippen LogP contribution in [0.15, 0.2) is 62.9 Å². The molecule has 2 N–H and O–H groups in total. The normalized spacial score (nSPS) is 15.1. The van der Waals surface area contributed by atoms with Crippen LogP contribution in [0, 0.1) is 13.8 Å². The zero-order valence-corrected chi connectivity index (χ0v) is 19.7. The SMILES string of the molecule is Cc1ccc(S(=O)(=O)N/N=C2\CCCc3oc(C(=O)Nc4cccc(C(F)(F)F)c4)c(C)c32)cc1. The number of hydrazone groups is 1. The standard InChI is InChI=1S/C24H22F3N3O4S/c1-14-9-11-18(12-10-14)35(32,33)30-29-19-7-4-8-20-21(19)15(2)22(34-20)23(31)28-17-6-3-5-16(13-17)24(25,26)27/h3,5-6,9-13,30H,4,7-8H2,1-2H3,(H,28,31)/b29-19+. The van der Waals surface area contributed by atoms with Crippen molar-refractivity contribution in [2.45, 2.75) is 44.2 Å². The molecule has 7 nitrogen and oxygen atoms in total. The maximum atomic E-state index is 13.0. The number of anilines is 1. The molecule has 184 valence electrons. The number of aryl methyl sites for hydroxylation is 2. The van der Waals surface area contributed by atoms with E-state index in [1.165, 1.54) is 24.3 Å². The van der Waals surface area contributed by atoms with Crippen LogP contribution < -0.4 is 10.1 Å². The summed E-state index contributed by atoms with van der Waals surface area (Å²) in [6.45, 7) is 3.47. The Labute approximate surface area is 200 Å². The van der Waals surface area contributed by atoms with E-state index in [0.29, 0.717) is 41.9 Å². The van der Waals surface area contributed by atoms with Crippen LogP contribution in [0.1, 0.15) is 51.4 Å². The quantitative estimate of drug-likeness (QED) is 0.466. The summed E-state index contributed by atoms with van der Waals surface area (Å²) in [7, 11) is -3.90. The Morgan fingerprint density at radius 2 is 1.77 bits per heavy atom. The molecule has 1 aromatic heterocycles. The summed E-state index contributed by atoms with van der Waals surface area (Å²) in [6.07, 6.45) is -2.95. The molecule has 2 aromatic carbocycles. The summed E-state index contributed by atoms with van der Waals surface area (Å²) in [5.41, 5.74) is 1.37. The summed E-state index contributed by atoms with van der Waals surface area (Å²) in [5.74, 6) is -0.310. The van der Waals surface area contributed by atoms with E-state index in [1.54, 1.807) is 19.1 Å². The molecule has 1 aliphatic rings. The van der Waals surface area contributed by atoms with Gasteiger partial charge in [-0.1, -0.05) is 23.8 Å². The Kier molecular flexibility index (Phi) is 6.46. The number of hydrogen-bond acceptors (Lipinski definition) is 5. The minimum atomic E-state index is -4.54. The molecule has 4 rings (SSSR count). The maximum Gasteiger partial charge on any atom is 0.416 e. The van der Waals surface area contributed by atoms with Crippen LogP contribution in [-0.2, 0) is 22.6 Å². The maximum absolute atomic E-state index is 13.0. The molecule has 0 fully saturated rings. The molecule has 0 radical (unpaired) electrons. The molecule has 1 amide bonds. The Morgan fingerprint density at radius 1 is 1.06 bits per heavy atom. The van der Waals surface area contributed by atoms with Crippen molar-refractivity contribution in [3.63, 3.8) is 0 Å². The lowest BCUT2D eigenvalue weighted by molar-refractivity contribution is -0.137. The van der Waals surface area contributed by atoms with E-state index in [0.717, 1.165) is 17.7 Å². The molecule has 1 heterocycles. The van der Waals surface area contributed by atoms with Gasteiger partial charge in [-0.2, -0.15) is 31.5 Å². The van der Waals surface area contributed by atoms with Gasteiger partial charge in [-0.15, -0.1) is 0 Å². The van der Waals surface area contributed by atoms with E-state index < -0.39 is 27.7 Å². The highest BCUT2D eigenvalue weighted by Crippen LogP contribution is 2.32. The highest BCUT2D eigenvalue weighted by molar-refractivity contribution is 7.89. The molecule has 0 saturated heterocycles. The van der Waals surface area contributed by atoms with Gasteiger partial charge in [0.05, 0.1) is 16.2 Å². The van der Waals surface area contributed by atoms with E-state index in [-0.39, 0.29) is 16.3 Å². The molecule has 3 aromatic rings. The van der Waals surface area contributed by atoms with Gasteiger partial charge in [-0.05, 0) is 57.0 Å². The van der Waals surface area contributed by atoms with Crippen LogP contribution in [0.25, 0.3) is 0 Å². The van der Waals surface area contributed by atoms with Gasteiger partial charge in [0.25, 0.3) is 15.9 Å². The van der Waals surface area contributed by atoms with Gasteiger partial charge in [0, 0.05) is 23.2 Å². The number of sulfonamides is 1. The zero-order chi connectivity index (χ0) is 25.4. The van der Waals surface area contributed by atoms with Crippen molar-refractivity contribution in [3.8, 4) is 0 Å². The fourth-order valence-electron chi connectivity index (χ4n) is 3.84. The summed E-state index contributed by atoms with van der Waals surface area (Å²) in [5, 5.41) is 6.55. The second kappa shape index (κ2) is 9.21. The number of nitrogens with zero attached hydrogens (tertiary/aromatic N) is 1. The summed E-state index contributed by atoms with van der Waals surface area (Å²) < 4.78 is 69.9. The lowest BCUT2D eigenvalue weighted by atomic mass is 9.93. The predicted molar refractivity (Wildman–Crippen MR) is 124 cm³/mol. The zero-order valence-electron chi connectivity index (χ0n) is 18.9. The molecule has 0 atom stereocenters. The molecule has 0 bridgehead atoms. The van der Waals surface area contributed by atoms with E-state index in [1.807, 2.05) is 6.92 Å². The van der Waals surface area contributed by atoms with Crippen molar-refractivity contribution in [1.82, 2.24) is 4.83 Å². The molecule has 1 aliphatic carbocycles. The average molecular weight is 506 g/mol. The number of rotatable bonds is 5. The summed E-state index contributed by atoms with van der Waals surface area (Å²) >= 11 is 0. The first-order valence-electron chi connectivity index (χ1n) is 10.7. The number of nitrogens with one attached hydrogen (secondary N) is 2. The molecule has 35 heavy (non-hydrogen) atoms. The predicted octanol–water partition coefficient (Wildman–Crippen LogP) is 5.19. The Morgan fingerprint density at radius 3 is 2.46 bits per heavy atom. The van der Waals surface area contributed by atoms with E-state index in [9.17, 15) is 26.4 Å². The fraction of sp³-hybridized carbons (Fsp3) is 0.250. The highest BCUT2D eigenvalue weighted by atomic mass is 32.2. The third-order valence-corrected chi connectivity index (χ3v) is 6.84. The van der Waals surface area contributed by atoms with E-state index in [4.69, 9.17) is 4.42 Å². The third-order valence-electron chi connectivity index (χ3n) is 5.61. The Bertz CT molecular complexity index is 1410. The van der Waals surface area contributed by atoms with Crippen LogP contribution in [0.3, 0.4) is 0 Å². The van der Waals surface area contributed by atoms with Gasteiger partial charge in [-0.3, -0.25) is 4.79 Å². The number of fused-ring (bicyclic) bond motifs is 1. The smallest absolute Gasteiger partial charge is 0.416 e. The Hall–Kier alpha value is -3.60. The summed E-state index contributed by atoms with van der Waals surface area (Å²) in [6, 6.07) is 10.6. The lowest BCUT2D eigenvalue weighted by Crippen LogP contribution is -2.22. The first-order valence-corrected chi connectivity index (χ1v) is 12.2. The van der Waals surface area contributed by atoms with Gasteiger partial charge in [0.1, 0.15) is 5.76 Å². The van der Waals surface area contributed by atoms with Crippen molar-refractivity contribution in [3.05, 3.63) is 82.3 Å². The third kappa shape index (κ3) is 5.24. The first kappa shape index (κ1) is 24.5. The van der Waals surface area contributed by atoms with E-state index >= 15 is 0 Å². The van der Waals surface area contributed by atoms with Crippen LogP contribution in [0.4, 0.5) is 18.9 Å². The van der Waals surface area contributed by atoms with Crippen molar-refractivity contribution in [2.24, 2.45) is 5.10 Å². The number of benzene rings is 2. The first-order chi connectivity index (χ1) is 16.5. The fourth-order valence-corrected chi connectivity index (χ4v) is 4.67. The monoisotopic (exact) mass is 505 g/mol. The van der Waals surface area contributed by atoms with Crippen molar-refractivity contribution < 1.29 is 30.8 Å². The van der Waals surface area contributed by atoms with E-state index in [2.05, 4.69) is 15.2 Å². The molecule has 0 aliphatic heterocycles. The Balaban J connectivity index is 1.59. The molecular formula is C24H22F3N3O4S. The number of furan rings is 1. The van der Waals surface area contributed by atoms with Crippen molar-refractivity contribution >= 4 is 27.3 Å². The number of amides is 1. The number of hydrogen-bond donors (Lipinski definition) is 2. The highest BCUT2D eigenvalue weighted by Gasteiger charge is 2.31. The summed E-state index contributed by atoms with van der Waals surface area (Å²) in [4.78, 5) is 15.1. The van der Waals surface area contributed by atoms with Gasteiger partial charge in [-0.25, -0.2) is 0 Å². The topological polar surface area (TPSA) is 101 Å². The van der Waals surface area contributed by atoms with Crippen LogP contribution in [0.5, 0.6) is 0 Å². The van der Waals surface area contributed by atoms with Gasteiger partial charge >= 0.3 is 6.18 Å². The minimum Gasteiger partial charge on any atom is -0.455 e. The van der Waals surface area contributed by atoms with Gasteiger partial charge in [0.15, 0.2) is 5.76 Å². The molecule has 0 saturated carbocycles. The van der Waals surface area contributed by atoms with Crippen LogP contribution >= 0.6 is 0 Å². The van der Waals surface area contributed by atoms with Gasteiger partial charge < -0.3 is 9.73 Å². The van der Waals surface area contributed by atoms with Crippen molar-refractivity contribution in [1.29, 1.82) is 0 Å². The lowest BCUT2D eigenvalue weighted by Gasteiger charge is -2.14. The largest absolute Gasteiger partial charge is 0.455 e. The minimum absolute atomic E-state index is 0.0293. The van der Waals surface area contributed by atoms with Gasteiger partial charge in [0.2, 0.25) is 0 Å². The van der Waals surface area contributed by atoms with Crippen LogP contribution in [0.2, 0.25) is 0 Å². The molecule has 0 unspecified atom stereocenters. The average Bonchev–Trinajstić information content (AvgIpc) is 3.15. The molecule has 0 spiro atoms. The number of alkyl halides is 3.